The Kier molecular flexibility index (Phi) is 19.8. The van der Waals surface area contributed by atoms with E-state index in [1.165, 1.54) is 0 Å². The second-order valence-corrected chi connectivity index (χ2v) is 10.5. The van der Waals surface area contributed by atoms with Gasteiger partial charge in [-0.05, 0) is 39.0 Å². The van der Waals surface area contributed by atoms with Crippen LogP contribution in [-0.2, 0) is 27.8 Å². The minimum atomic E-state index is -4.08. The quantitative estimate of drug-likeness (QED) is 0.199. The molecular weight excluding hydrogens is 409 g/mol. The molecule has 0 spiro atoms. The number of likely N-dealkylation sites (N-methyl/N-ethyl adjacent to an activating group) is 1. The number of ether oxygens (including phenoxy) is 3. The number of hydrogen-bond acceptors (Lipinski definition) is 6. The topological polar surface area (TPSA) is 83.5 Å². The second kappa shape index (κ2) is 18.5. The fourth-order valence-electron chi connectivity index (χ4n) is 2.17. The summed E-state index contributed by atoms with van der Waals surface area (Å²) in [6.07, 6.45) is 2.79. The highest BCUT2D eigenvalue weighted by Crippen LogP contribution is 2.43. The van der Waals surface area contributed by atoms with E-state index in [1.807, 2.05) is 35.0 Å². The van der Waals surface area contributed by atoms with Gasteiger partial charge < -0.3 is 23.6 Å². The highest BCUT2D eigenvalue weighted by molar-refractivity contribution is 7.47. The third-order valence-electron chi connectivity index (χ3n) is 3.69. The summed E-state index contributed by atoms with van der Waals surface area (Å²) < 4.78 is 38.7. The van der Waals surface area contributed by atoms with Crippen LogP contribution in [0.2, 0.25) is 0 Å². The Balaban J connectivity index is 0. The standard InChI is InChI=1S/C17H38NO6P.C4H10O/c1-15(2)9-8-11-21-13-17(24-16(3)4)14-23-25(19,20)22-12-10-18(5,6)7;1-3-4-5-2/h15-17H,8-14H2,1-7H3;3-4H2,1-2H3/p+1. The first-order valence-electron chi connectivity index (χ1n) is 11.0. The molecule has 2 atom stereocenters. The summed E-state index contributed by atoms with van der Waals surface area (Å²) in [5, 5.41) is 0. The average Bonchev–Trinajstić information content (AvgIpc) is 2.58. The van der Waals surface area contributed by atoms with Gasteiger partial charge in [-0.3, -0.25) is 9.05 Å². The van der Waals surface area contributed by atoms with Gasteiger partial charge in [0.2, 0.25) is 0 Å². The summed E-state index contributed by atoms with van der Waals surface area (Å²) in [7, 11) is 3.58. The minimum Gasteiger partial charge on any atom is -0.385 e. The molecule has 0 aliphatic carbocycles. The van der Waals surface area contributed by atoms with E-state index in [2.05, 4.69) is 20.8 Å². The van der Waals surface area contributed by atoms with E-state index in [0.717, 1.165) is 25.9 Å². The summed E-state index contributed by atoms with van der Waals surface area (Å²) in [4.78, 5) is 9.77. The van der Waals surface area contributed by atoms with Crippen molar-refractivity contribution in [1.82, 2.24) is 0 Å². The number of hydrogen-bond donors (Lipinski definition) is 1. The maximum absolute atomic E-state index is 11.9. The number of phosphoric acid groups is 1. The van der Waals surface area contributed by atoms with Crippen LogP contribution >= 0.6 is 7.82 Å². The Hall–Kier alpha value is -0.0500. The van der Waals surface area contributed by atoms with Crippen LogP contribution in [0.15, 0.2) is 0 Å². The number of nitrogens with zero attached hydrogens (tertiary/aromatic N) is 1. The number of phosphoric ester groups is 1. The van der Waals surface area contributed by atoms with Crippen molar-refractivity contribution >= 4 is 7.82 Å². The molecule has 0 aromatic heterocycles. The molecule has 30 heavy (non-hydrogen) atoms. The predicted molar refractivity (Wildman–Crippen MR) is 122 cm³/mol. The lowest BCUT2D eigenvalue weighted by Gasteiger charge is -2.25. The lowest BCUT2D eigenvalue weighted by molar-refractivity contribution is -0.870. The molecule has 0 bridgehead atoms. The van der Waals surface area contributed by atoms with Gasteiger partial charge in [-0.15, -0.1) is 0 Å². The summed E-state index contributed by atoms with van der Waals surface area (Å²) in [5.41, 5.74) is 0. The van der Waals surface area contributed by atoms with Crippen molar-refractivity contribution in [2.45, 2.75) is 66.1 Å². The van der Waals surface area contributed by atoms with Gasteiger partial charge >= 0.3 is 7.82 Å². The Morgan fingerprint density at radius 2 is 1.60 bits per heavy atom. The highest BCUT2D eigenvalue weighted by atomic mass is 31.2. The molecule has 0 aromatic carbocycles. The summed E-state index contributed by atoms with van der Waals surface area (Å²) in [6, 6.07) is 0. The Morgan fingerprint density at radius 3 is 2.03 bits per heavy atom. The van der Waals surface area contributed by atoms with Gasteiger partial charge in [-0.2, -0.15) is 0 Å². The molecule has 184 valence electrons. The van der Waals surface area contributed by atoms with Crippen molar-refractivity contribution in [1.29, 1.82) is 0 Å². The van der Waals surface area contributed by atoms with Gasteiger partial charge in [0.1, 0.15) is 19.3 Å². The van der Waals surface area contributed by atoms with Crippen LogP contribution in [0, 0.1) is 5.92 Å². The van der Waals surface area contributed by atoms with Crippen molar-refractivity contribution in [2.75, 3.05) is 67.8 Å². The molecule has 0 aliphatic rings. The first-order chi connectivity index (χ1) is 13.8. The maximum atomic E-state index is 11.9. The van der Waals surface area contributed by atoms with Crippen molar-refractivity contribution in [3.8, 4) is 0 Å². The summed E-state index contributed by atoms with van der Waals surface area (Å²) in [6.45, 7) is 12.8. The van der Waals surface area contributed by atoms with Crippen LogP contribution < -0.4 is 0 Å². The van der Waals surface area contributed by atoms with Crippen LogP contribution in [-0.4, -0.2) is 89.4 Å². The zero-order valence-electron chi connectivity index (χ0n) is 20.9. The van der Waals surface area contributed by atoms with E-state index in [-0.39, 0.29) is 19.3 Å². The van der Waals surface area contributed by atoms with Crippen LogP contribution in [0.4, 0.5) is 0 Å². The molecule has 0 heterocycles. The number of rotatable bonds is 17. The normalized spacial score (nSPS) is 15.1. The average molecular weight is 459 g/mol. The molecule has 0 radical (unpaired) electrons. The minimum absolute atomic E-state index is 0.0231. The van der Waals surface area contributed by atoms with E-state index in [0.29, 0.717) is 30.2 Å². The lowest BCUT2D eigenvalue weighted by atomic mass is 10.1. The van der Waals surface area contributed by atoms with Crippen molar-refractivity contribution in [2.24, 2.45) is 5.92 Å². The van der Waals surface area contributed by atoms with Crippen LogP contribution in [0.1, 0.15) is 53.9 Å². The molecule has 0 saturated carbocycles. The summed E-state index contributed by atoms with van der Waals surface area (Å²) in [5.74, 6) is 0.652. The van der Waals surface area contributed by atoms with Crippen LogP contribution in [0.5, 0.6) is 0 Å². The lowest BCUT2D eigenvalue weighted by Crippen LogP contribution is -2.37. The Labute approximate surface area is 185 Å². The zero-order valence-corrected chi connectivity index (χ0v) is 21.8. The van der Waals surface area contributed by atoms with Crippen LogP contribution in [0.3, 0.4) is 0 Å². The smallest absolute Gasteiger partial charge is 0.385 e. The molecule has 0 fully saturated rings. The van der Waals surface area contributed by atoms with Crippen molar-refractivity contribution in [3.05, 3.63) is 0 Å². The highest BCUT2D eigenvalue weighted by Gasteiger charge is 2.25. The molecule has 0 aromatic rings. The maximum Gasteiger partial charge on any atom is 0.472 e. The first kappa shape index (κ1) is 32.1. The number of quaternary nitrogens is 1. The molecule has 9 heteroatoms. The predicted octanol–water partition coefficient (Wildman–Crippen LogP) is 4.12. The third-order valence-corrected chi connectivity index (χ3v) is 4.67. The SMILES string of the molecule is CC(C)CCCOCC(COP(=O)(O)OCC[N+](C)(C)C)OC(C)C.CCCOC. The largest absolute Gasteiger partial charge is 0.472 e. The molecule has 0 aliphatic heterocycles. The Bertz CT molecular complexity index is 426. The molecule has 8 nitrogen and oxygen atoms in total. The van der Waals surface area contributed by atoms with Crippen molar-refractivity contribution < 1.29 is 37.2 Å². The van der Waals surface area contributed by atoms with Gasteiger partial charge in [0.05, 0.1) is 40.5 Å². The first-order valence-corrected chi connectivity index (χ1v) is 12.5. The Morgan fingerprint density at radius 1 is 0.967 bits per heavy atom. The van der Waals surface area contributed by atoms with Gasteiger partial charge in [-0.25, -0.2) is 4.57 Å². The van der Waals surface area contributed by atoms with E-state index in [4.69, 9.17) is 23.3 Å². The molecule has 0 amide bonds. The summed E-state index contributed by atoms with van der Waals surface area (Å²) >= 11 is 0. The van der Waals surface area contributed by atoms with E-state index < -0.39 is 13.9 Å². The van der Waals surface area contributed by atoms with Gasteiger partial charge in [-0.1, -0.05) is 20.8 Å². The van der Waals surface area contributed by atoms with Gasteiger partial charge in [0.25, 0.3) is 0 Å². The molecule has 1 N–H and O–H groups in total. The van der Waals surface area contributed by atoms with Gasteiger partial charge in [0, 0.05) is 20.3 Å². The van der Waals surface area contributed by atoms with Gasteiger partial charge in [0.15, 0.2) is 0 Å². The van der Waals surface area contributed by atoms with E-state index >= 15 is 0 Å². The van der Waals surface area contributed by atoms with E-state index in [9.17, 15) is 9.46 Å². The zero-order chi connectivity index (χ0) is 23.6. The van der Waals surface area contributed by atoms with Crippen LogP contribution in [0.25, 0.3) is 0 Å². The second-order valence-electron chi connectivity index (χ2n) is 9.02. The molecular formula is C21H49NO7P+. The molecule has 2 unspecified atom stereocenters. The monoisotopic (exact) mass is 458 g/mol. The fraction of sp³-hybridized carbons (Fsp3) is 1.00. The number of methoxy groups -OCH3 is 1. The molecule has 0 saturated heterocycles. The third kappa shape index (κ3) is 26.0. The molecule has 0 rings (SSSR count). The van der Waals surface area contributed by atoms with Crippen molar-refractivity contribution in [3.63, 3.8) is 0 Å². The fourth-order valence-corrected chi connectivity index (χ4v) is 2.91. The van der Waals surface area contributed by atoms with E-state index in [1.54, 1.807) is 7.11 Å².